The van der Waals surface area contributed by atoms with Crippen LogP contribution in [-0.2, 0) is 4.74 Å². The van der Waals surface area contributed by atoms with Crippen LogP contribution in [0.15, 0.2) is 18.3 Å². The summed E-state index contributed by atoms with van der Waals surface area (Å²) in [5.41, 5.74) is 4.74. The molecule has 0 bridgehead atoms. The topological polar surface area (TPSA) is 94.3 Å². The first-order chi connectivity index (χ1) is 7.79. The van der Waals surface area contributed by atoms with Gasteiger partial charge in [0.15, 0.2) is 5.69 Å². The number of hydrogen-bond acceptors (Lipinski definition) is 4. The van der Waals surface area contributed by atoms with Crippen LogP contribution in [0.25, 0.3) is 0 Å². The molecule has 0 unspecified atom stereocenters. The van der Waals surface area contributed by atoms with Crippen molar-refractivity contribution in [3.63, 3.8) is 0 Å². The lowest BCUT2D eigenvalue weighted by Crippen LogP contribution is -2.28. The van der Waals surface area contributed by atoms with E-state index in [2.05, 4.69) is 10.3 Å². The Morgan fingerprint density at radius 2 is 2.06 bits per heavy atom. The van der Waals surface area contributed by atoms with Gasteiger partial charge in [-0.3, -0.25) is 10.1 Å². The Morgan fingerprint density at radius 1 is 1.41 bits per heavy atom. The van der Waals surface area contributed by atoms with E-state index in [9.17, 15) is 9.59 Å². The third-order valence-corrected chi connectivity index (χ3v) is 1.68. The van der Waals surface area contributed by atoms with Crippen LogP contribution >= 0.6 is 0 Å². The van der Waals surface area contributed by atoms with Crippen molar-refractivity contribution in [1.82, 2.24) is 4.98 Å². The van der Waals surface area contributed by atoms with E-state index < -0.39 is 17.6 Å². The van der Waals surface area contributed by atoms with Crippen LogP contribution in [-0.4, -0.2) is 22.6 Å². The van der Waals surface area contributed by atoms with Crippen LogP contribution in [0.2, 0.25) is 0 Å². The van der Waals surface area contributed by atoms with Gasteiger partial charge in [-0.2, -0.15) is 0 Å². The van der Waals surface area contributed by atoms with Crippen molar-refractivity contribution in [3.05, 3.63) is 24.0 Å². The van der Waals surface area contributed by atoms with Crippen molar-refractivity contribution in [2.24, 2.45) is 5.73 Å². The maximum Gasteiger partial charge on any atom is 0.412 e. The summed E-state index contributed by atoms with van der Waals surface area (Å²) in [4.78, 5) is 26.3. The zero-order valence-electron chi connectivity index (χ0n) is 9.98. The minimum atomic E-state index is -0.711. The number of carbonyl (C=O) groups is 2. The Morgan fingerprint density at radius 3 is 2.59 bits per heavy atom. The lowest BCUT2D eigenvalue weighted by atomic mass is 10.2. The van der Waals surface area contributed by atoms with Gasteiger partial charge in [-0.15, -0.1) is 0 Å². The molecule has 92 valence electrons. The predicted molar refractivity (Wildman–Crippen MR) is 62.6 cm³/mol. The first kappa shape index (κ1) is 13.0. The molecular weight excluding hydrogens is 222 g/mol. The first-order valence-corrected chi connectivity index (χ1v) is 5.04. The van der Waals surface area contributed by atoms with Crippen LogP contribution in [0.1, 0.15) is 31.3 Å². The van der Waals surface area contributed by atoms with E-state index >= 15 is 0 Å². The summed E-state index contributed by atoms with van der Waals surface area (Å²) in [6.45, 7) is 5.22. The third-order valence-electron chi connectivity index (χ3n) is 1.68. The maximum absolute atomic E-state index is 11.5. The van der Waals surface area contributed by atoms with E-state index in [4.69, 9.17) is 10.5 Å². The largest absolute Gasteiger partial charge is 0.444 e. The van der Waals surface area contributed by atoms with Crippen molar-refractivity contribution in [2.45, 2.75) is 26.4 Å². The SMILES string of the molecule is CC(C)(C)OC(=O)Nc1cccnc1C(N)=O. The second kappa shape index (κ2) is 4.82. The van der Waals surface area contributed by atoms with Crippen molar-refractivity contribution in [3.8, 4) is 0 Å². The molecule has 1 rings (SSSR count). The van der Waals surface area contributed by atoms with E-state index in [0.717, 1.165) is 0 Å². The number of amides is 2. The smallest absolute Gasteiger partial charge is 0.412 e. The second-order valence-corrected chi connectivity index (χ2v) is 4.39. The van der Waals surface area contributed by atoms with Gasteiger partial charge >= 0.3 is 6.09 Å². The van der Waals surface area contributed by atoms with Gasteiger partial charge in [0.2, 0.25) is 0 Å². The highest BCUT2D eigenvalue weighted by atomic mass is 16.6. The van der Waals surface area contributed by atoms with E-state index in [1.807, 2.05) is 0 Å². The van der Waals surface area contributed by atoms with Gasteiger partial charge in [0.1, 0.15) is 5.60 Å². The molecule has 0 aromatic carbocycles. The molecule has 0 saturated heterocycles. The van der Waals surface area contributed by atoms with E-state index in [1.165, 1.54) is 12.3 Å². The van der Waals surface area contributed by atoms with Gasteiger partial charge in [0, 0.05) is 6.20 Å². The van der Waals surface area contributed by atoms with Crippen molar-refractivity contribution in [1.29, 1.82) is 0 Å². The summed E-state index contributed by atoms with van der Waals surface area (Å²) in [5.74, 6) is -0.711. The Balaban J connectivity index is 2.82. The van der Waals surface area contributed by atoms with Gasteiger partial charge in [-0.05, 0) is 32.9 Å². The molecule has 3 N–H and O–H groups in total. The Bertz CT molecular complexity index is 438. The lowest BCUT2D eigenvalue weighted by molar-refractivity contribution is 0.0636. The second-order valence-electron chi connectivity index (χ2n) is 4.39. The Kier molecular flexibility index (Phi) is 3.67. The van der Waals surface area contributed by atoms with E-state index in [-0.39, 0.29) is 11.4 Å². The average Bonchev–Trinajstić information content (AvgIpc) is 2.14. The highest BCUT2D eigenvalue weighted by Crippen LogP contribution is 2.14. The van der Waals surface area contributed by atoms with Crippen LogP contribution in [0.5, 0.6) is 0 Å². The molecule has 0 saturated carbocycles. The minimum absolute atomic E-state index is 0.00152. The molecular formula is C11H15N3O3. The summed E-state index contributed by atoms with van der Waals surface area (Å²) in [6.07, 6.45) is 0.758. The summed E-state index contributed by atoms with van der Waals surface area (Å²) in [7, 11) is 0. The van der Waals surface area contributed by atoms with Gasteiger partial charge in [-0.25, -0.2) is 9.78 Å². The molecule has 1 heterocycles. The number of primary amides is 1. The summed E-state index contributed by atoms with van der Waals surface area (Å²) in [6, 6.07) is 3.11. The van der Waals surface area contributed by atoms with Crippen LogP contribution in [0.4, 0.5) is 10.5 Å². The predicted octanol–water partition coefficient (Wildman–Crippen LogP) is 1.53. The zero-order valence-corrected chi connectivity index (χ0v) is 9.98. The fraction of sp³-hybridized carbons (Fsp3) is 0.364. The highest BCUT2D eigenvalue weighted by Gasteiger charge is 2.18. The standard InChI is InChI=1S/C11H15N3O3/c1-11(2,3)17-10(16)14-7-5-4-6-13-8(7)9(12)15/h4-6H,1-3H3,(H2,12,15)(H,14,16). The maximum atomic E-state index is 11.5. The number of nitrogens with two attached hydrogens (primary N) is 1. The fourth-order valence-electron chi connectivity index (χ4n) is 1.12. The molecule has 0 aliphatic carbocycles. The number of carbonyl (C=O) groups excluding carboxylic acids is 2. The van der Waals surface area contributed by atoms with E-state index in [1.54, 1.807) is 26.8 Å². The number of hydrogen-bond donors (Lipinski definition) is 2. The number of pyridine rings is 1. The lowest BCUT2D eigenvalue weighted by Gasteiger charge is -2.19. The number of rotatable bonds is 2. The van der Waals surface area contributed by atoms with Crippen LogP contribution < -0.4 is 11.1 Å². The molecule has 0 aliphatic heterocycles. The first-order valence-electron chi connectivity index (χ1n) is 5.04. The van der Waals surface area contributed by atoms with Crippen molar-refractivity contribution >= 4 is 17.7 Å². The van der Waals surface area contributed by atoms with Gasteiger partial charge < -0.3 is 10.5 Å². The molecule has 6 nitrogen and oxygen atoms in total. The zero-order chi connectivity index (χ0) is 13.1. The highest BCUT2D eigenvalue weighted by molar-refractivity contribution is 5.99. The van der Waals surface area contributed by atoms with Crippen LogP contribution in [0, 0.1) is 0 Å². The molecule has 17 heavy (non-hydrogen) atoms. The average molecular weight is 237 g/mol. The third kappa shape index (κ3) is 4.10. The van der Waals surface area contributed by atoms with E-state index in [0.29, 0.717) is 0 Å². The number of ether oxygens (including phenoxy) is 1. The molecule has 1 aromatic rings. The summed E-state index contributed by atoms with van der Waals surface area (Å²) in [5, 5.41) is 2.42. The minimum Gasteiger partial charge on any atom is -0.444 e. The molecule has 0 spiro atoms. The molecule has 0 aliphatic rings. The molecule has 0 fully saturated rings. The summed E-state index contributed by atoms with van der Waals surface area (Å²) < 4.78 is 5.05. The molecule has 2 amide bonds. The molecule has 6 heteroatoms. The number of aromatic nitrogens is 1. The molecule has 0 atom stereocenters. The quantitative estimate of drug-likeness (QED) is 0.815. The molecule has 1 aromatic heterocycles. The number of nitrogens with one attached hydrogen (secondary N) is 1. The van der Waals surface area contributed by atoms with Crippen molar-refractivity contribution in [2.75, 3.05) is 5.32 Å². The summed E-state index contributed by atoms with van der Waals surface area (Å²) >= 11 is 0. The monoisotopic (exact) mass is 237 g/mol. The van der Waals surface area contributed by atoms with Crippen molar-refractivity contribution < 1.29 is 14.3 Å². The fourth-order valence-corrected chi connectivity index (χ4v) is 1.12. The van der Waals surface area contributed by atoms with Crippen LogP contribution in [0.3, 0.4) is 0 Å². The normalized spacial score (nSPS) is 10.8. The number of anilines is 1. The molecule has 0 radical (unpaired) electrons. The van der Waals surface area contributed by atoms with Gasteiger partial charge in [-0.1, -0.05) is 0 Å². The van der Waals surface area contributed by atoms with Gasteiger partial charge in [0.05, 0.1) is 5.69 Å². The Hall–Kier alpha value is -2.11. The Labute approximate surface area is 99.2 Å². The van der Waals surface area contributed by atoms with Gasteiger partial charge in [0.25, 0.3) is 5.91 Å². The number of nitrogens with zero attached hydrogens (tertiary/aromatic N) is 1.